The van der Waals surface area contributed by atoms with E-state index in [9.17, 15) is 24.1 Å². The standard InChI is InChI=1S/C17H14FN3O4/c18-14-7-6-12(10-15(14)21(24)25)19-17(23)11-3-1-4-13(9-11)20-8-2-5-16(20)22/h1,3-4,6-7,9-10H,2,5,8H2,(H,19,23). The Bertz CT molecular complexity index is 869. The van der Waals surface area contributed by atoms with E-state index < -0.39 is 22.3 Å². The van der Waals surface area contributed by atoms with Crippen molar-refractivity contribution in [2.45, 2.75) is 12.8 Å². The highest BCUT2D eigenvalue weighted by Gasteiger charge is 2.22. The second kappa shape index (κ2) is 6.68. The zero-order chi connectivity index (χ0) is 18.0. The lowest BCUT2D eigenvalue weighted by molar-refractivity contribution is -0.387. The Kier molecular flexibility index (Phi) is 4.42. The fourth-order valence-electron chi connectivity index (χ4n) is 2.67. The minimum Gasteiger partial charge on any atom is -0.322 e. The number of halogens is 1. The van der Waals surface area contributed by atoms with Crippen LogP contribution in [0.5, 0.6) is 0 Å². The van der Waals surface area contributed by atoms with Gasteiger partial charge in [-0.1, -0.05) is 6.07 Å². The summed E-state index contributed by atoms with van der Waals surface area (Å²) in [4.78, 5) is 35.7. The molecule has 1 heterocycles. The molecule has 0 bridgehead atoms. The smallest absolute Gasteiger partial charge is 0.306 e. The highest BCUT2D eigenvalue weighted by atomic mass is 19.1. The first-order valence-electron chi connectivity index (χ1n) is 7.61. The van der Waals surface area contributed by atoms with E-state index >= 15 is 0 Å². The normalized spacial score (nSPS) is 13.8. The molecule has 25 heavy (non-hydrogen) atoms. The van der Waals surface area contributed by atoms with Gasteiger partial charge in [0.05, 0.1) is 4.92 Å². The molecule has 2 aromatic carbocycles. The minimum atomic E-state index is -0.974. The Morgan fingerprint density at radius 3 is 2.72 bits per heavy atom. The van der Waals surface area contributed by atoms with Gasteiger partial charge in [-0.25, -0.2) is 0 Å². The van der Waals surface area contributed by atoms with Gasteiger partial charge in [0.25, 0.3) is 5.91 Å². The minimum absolute atomic E-state index is 0.00622. The van der Waals surface area contributed by atoms with Gasteiger partial charge in [0.15, 0.2) is 0 Å². The second-order valence-electron chi connectivity index (χ2n) is 5.58. The van der Waals surface area contributed by atoms with Gasteiger partial charge < -0.3 is 10.2 Å². The fraction of sp³-hybridized carbons (Fsp3) is 0.176. The number of nitro benzene ring substituents is 1. The van der Waals surface area contributed by atoms with E-state index in [4.69, 9.17) is 0 Å². The fourth-order valence-corrected chi connectivity index (χ4v) is 2.67. The van der Waals surface area contributed by atoms with Crippen LogP contribution in [0.1, 0.15) is 23.2 Å². The Labute approximate surface area is 142 Å². The molecule has 3 rings (SSSR count). The average molecular weight is 343 g/mol. The van der Waals surface area contributed by atoms with Gasteiger partial charge in [0, 0.05) is 36.0 Å². The molecule has 1 N–H and O–H groups in total. The third-order valence-electron chi connectivity index (χ3n) is 3.89. The molecule has 1 aliphatic rings. The van der Waals surface area contributed by atoms with Gasteiger partial charge >= 0.3 is 5.69 Å². The number of nitrogens with zero attached hydrogens (tertiary/aromatic N) is 2. The zero-order valence-corrected chi connectivity index (χ0v) is 13.1. The first kappa shape index (κ1) is 16.6. The summed E-state index contributed by atoms with van der Waals surface area (Å²) in [5, 5.41) is 13.3. The molecule has 0 saturated carbocycles. The second-order valence-corrected chi connectivity index (χ2v) is 5.58. The molecule has 2 aromatic rings. The number of nitro groups is 1. The molecule has 1 saturated heterocycles. The molecule has 0 aliphatic carbocycles. The number of benzene rings is 2. The highest BCUT2D eigenvalue weighted by molar-refractivity contribution is 6.05. The molecule has 2 amide bonds. The first-order valence-corrected chi connectivity index (χ1v) is 7.61. The Morgan fingerprint density at radius 1 is 1.24 bits per heavy atom. The zero-order valence-electron chi connectivity index (χ0n) is 13.1. The van der Waals surface area contributed by atoms with Crippen LogP contribution in [0.15, 0.2) is 42.5 Å². The van der Waals surface area contributed by atoms with Crippen molar-refractivity contribution in [2.75, 3.05) is 16.8 Å². The Balaban J connectivity index is 1.81. The van der Waals surface area contributed by atoms with Gasteiger partial charge in [-0.3, -0.25) is 19.7 Å². The van der Waals surface area contributed by atoms with Crippen LogP contribution in [0.4, 0.5) is 21.5 Å². The molecular formula is C17H14FN3O4. The lowest BCUT2D eigenvalue weighted by atomic mass is 10.1. The topological polar surface area (TPSA) is 92.5 Å². The third kappa shape index (κ3) is 3.47. The van der Waals surface area contributed by atoms with Crippen molar-refractivity contribution in [2.24, 2.45) is 0 Å². The summed E-state index contributed by atoms with van der Waals surface area (Å²) in [6.45, 7) is 0.605. The molecule has 0 spiro atoms. The van der Waals surface area contributed by atoms with E-state index in [1.54, 1.807) is 29.2 Å². The average Bonchev–Trinajstić information content (AvgIpc) is 3.02. The number of hydrogen-bond acceptors (Lipinski definition) is 4. The van der Waals surface area contributed by atoms with Gasteiger partial charge in [0.2, 0.25) is 11.7 Å². The number of anilines is 2. The summed E-state index contributed by atoms with van der Waals surface area (Å²) < 4.78 is 13.4. The SMILES string of the molecule is O=C(Nc1ccc(F)c([N+](=O)[O-])c1)c1cccc(N2CCCC2=O)c1. The van der Waals surface area contributed by atoms with E-state index in [-0.39, 0.29) is 11.6 Å². The summed E-state index contributed by atoms with van der Waals surface area (Å²) >= 11 is 0. The molecule has 1 fully saturated rings. The number of amides is 2. The van der Waals surface area contributed by atoms with Crippen molar-refractivity contribution in [1.29, 1.82) is 0 Å². The Hall–Kier alpha value is -3.29. The van der Waals surface area contributed by atoms with Crippen molar-refractivity contribution >= 4 is 28.9 Å². The summed E-state index contributed by atoms with van der Waals surface area (Å²) in [7, 11) is 0. The van der Waals surface area contributed by atoms with Gasteiger partial charge in [-0.2, -0.15) is 4.39 Å². The first-order chi connectivity index (χ1) is 12.0. The quantitative estimate of drug-likeness (QED) is 0.682. The molecular weight excluding hydrogens is 329 g/mol. The lowest BCUT2D eigenvalue weighted by Gasteiger charge is -2.16. The predicted octanol–water partition coefficient (Wildman–Crippen LogP) is 3.11. The van der Waals surface area contributed by atoms with Crippen LogP contribution >= 0.6 is 0 Å². The number of hydrogen-bond donors (Lipinski definition) is 1. The molecule has 7 nitrogen and oxygen atoms in total. The molecule has 128 valence electrons. The van der Waals surface area contributed by atoms with Crippen molar-refractivity contribution in [3.05, 3.63) is 64.0 Å². The van der Waals surface area contributed by atoms with Crippen molar-refractivity contribution in [1.82, 2.24) is 0 Å². The number of nitrogens with one attached hydrogen (secondary N) is 1. The van der Waals surface area contributed by atoms with Gasteiger partial charge in [0.1, 0.15) is 0 Å². The lowest BCUT2D eigenvalue weighted by Crippen LogP contribution is -2.24. The van der Waals surface area contributed by atoms with Crippen LogP contribution in [-0.4, -0.2) is 23.3 Å². The summed E-state index contributed by atoms with van der Waals surface area (Å²) in [6.07, 6.45) is 1.25. The van der Waals surface area contributed by atoms with Crippen molar-refractivity contribution < 1.29 is 18.9 Å². The highest BCUT2D eigenvalue weighted by Crippen LogP contribution is 2.24. The summed E-state index contributed by atoms with van der Waals surface area (Å²) in [6, 6.07) is 9.67. The van der Waals surface area contributed by atoms with E-state index in [0.717, 1.165) is 18.6 Å². The molecule has 0 aromatic heterocycles. The number of rotatable bonds is 4. The van der Waals surface area contributed by atoms with E-state index in [1.165, 1.54) is 6.07 Å². The molecule has 0 radical (unpaired) electrons. The molecule has 8 heteroatoms. The Morgan fingerprint density at radius 2 is 2.04 bits per heavy atom. The monoisotopic (exact) mass is 343 g/mol. The van der Waals surface area contributed by atoms with Gasteiger partial charge in [-0.05, 0) is 36.8 Å². The van der Waals surface area contributed by atoms with E-state index in [2.05, 4.69) is 5.32 Å². The van der Waals surface area contributed by atoms with Gasteiger partial charge in [-0.15, -0.1) is 0 Å². The maximum atomic E-state index is 13.4. The predicted molar refractivity (Wildman–Crippen MR) is 89.0 cm³/mol. The van der Waals surface area contributed by atoms with Crippen LogP contribution in [-0.2, 0) is 4.79 Å². The molecule has 0 unspecified atom stereocenters. The van der Waals surface area contributed by atoms with Crippen LogP contribution in [0, 0.1) is 15.9 Å². The van der Waals surface area contributed by atoms with Crippen LogP contribution in [0.3, 0.4) is 0 Å². The van der Waals surface area contributed by atoms with Crippen molar-refractivity contribution in [3.8, 4) is 0 Å². The largest absolute Gasteiger partial charge is 0.322 e. The van der Waals surface area contributed by atoms with Crippen LogP contribution in [0.25, 0.3) is 0 Å². The van der Waals surface area contributed by atoms with Crippen LogP contribution < -0.4 is 10.2 Å². The molecule has 1 aliphatic heterocycles. The number of carbonyl (C=O) groups excluding carboxylic acids is 2. The van der Waals surface area contributed by atoms with E-state index in [0.29, 0.717) is 24.2 Å². The van der Waals surface area contributed by atoms with Crippen molar-refractivity contribution in [3.63, 3.8) is 0 Å². The molecule has 0 atom stereocenters. The maximum Gasteiger partial charge on any atom is 0.306 e. The summed E-state index contributed by atoms with van der Waals surface area (Å²) in [5.41, 5.74) is 0.319. The summed E-state index contributed by atoms with van der Waals surface area (Å²) in [5.74, 6) is -1.47. The van der Waals surface area contributed by atoms with Crippen LogP contribution in [0.2, 0.25) is 0 Å². The number of carbonyl (C=O) groups is 2. The maximum absolute atomic E-state index is 13.4. The third-order valence-corrected chi connectivity index (χ3v) is 3.89. The van der Waals surface area contributed by atoms with E-state index in [1.807, 2.05) is 0 Å².